The van der Waals surface area contributed by atoms with E-state index >= 15 is 0 Å². The summed E-state index contributed by atoms with van der Waals surface area (Å²) >= 11 is 0.389. The van der Waals surface area contributed by atoms with Gasteiger partial charge in [0.05, 0.1) is 0 Å². The summed E-state index contributed by atoms with van der Waals surface area (Å²) in [6.45, 7) is 4.61. The number of halogens is 4. The van der Waals surface area contributed by atoms with Crippen molar-refractivity contribution in [3.8, 4) is 0 Å². The van der Waals surface area contributed by atoms with E-state index in [2.05, 4.69) is 135 Å². The van der Waals surface area contributed by atoms with Gasteiger partial charge in [0.15, 0.2) is 0 Å². The van der Waals surface area contributed by atoms with E-state index in [1.807, 2.05) is 0 Å². The molecule has 4 aromatic carbocycles. The van der Waals surface area contributed by atoms with Gasteiger partial charge in [-0.3, -0.25) is 0 Å². The Balaban J connectivity index is 0.000000277. The van der Waals surface area contributed by atoms with Crippen LogP contribution in [0, 0.1) is 0 Å². The van der Waals surface area contributed by atoms with Crippen LogP contribution in [0.4, 0.5) is 0 Å². The van der Waals surface area contributed by atoms with Gasteiger partial charge in [0.25, 0.3) is 0 Å². The van der Waals surface area contributed by atoms with Crippen molar-refractivity contribution in [1.29, 1.82) is 0 Å². The third kappa shape index (κ3) is 13.3. The van der Waals surface area contributed by atoms with Gasteiger partial charge in [0, 0.05) is 0 Å². The molecule has 0 nitrogen and oxygen atoms in total. The first-order chi connectivity index (χ1) is 16.6. The zero-order chi connectivity index (χ0) is 25.0. The molecule has 0 N–H and O–H groups in total. The van der Waals surface area contributed by atoms with Crippen LogP contribution < -0.4 is 21.2 Å². The van der Waals surface area contributed by atoms with Crippen molar-refractivity contribution in [3.63, 3.8) is 0 Å². The van der Waals surface area contributed by atoms with Gasteiger partial charge in [-0.05, 0) is 50.4 Å². The molecule has 184 valence electrons. The average Bonchev–Trinajstić information content (AvgIpc) is 2.91. The summed E-state index contributed by atoms with van der Waals surface area (Å²) in [5.74, 6) is 0. The van der Waals surface area contributed by atoms with Crippen LogP contribution in [0.2, 0.25) is 0 Å². The monoisotopic (exact) mass is 652 g/mol. The minimum absolute atomic E-state index is 0.171. The zero-order valence-electron chi connectivity index (χ0n) is 18.7. The Morgan fingerprint density at radius 1 is 0.382 bits per heavy atom. The van der Waals surface area contributed by atoms with Crippen LogP contribution in [0.15, 0.2) is 121 Å². The van der Waals surface area contributed by atoms with E-state index in [0.717, 1.165) is 0 Å². The predicted octanol–water partition coefficient (Wildman–Crippen LogP) is 8.25. The molecule has 0 aliphatic rings. The second-order valence-electron chi connectivity index (χ2n) is 6.56. The first kappa shape index (κ1) is 32.0. The molecule has 34 heavy (non-hydrogen) atoms. The Morgan fingerprint density at radius 3 is 0.676 bits per heavy atom. The molecule has 0 fully saturated rings. The number of rotatable bonds is 4. The van der Waals surface area contributed by atoms with Gasteiger partial charge < -0.3 is 0 Å². The Hall–Kier alpha value is -0.0610. The normalized spacial score (nSPS) is 9.88. The number of benzene rings is 4. The van der Waals surface area contributed by atoms with E-state index in [4.69, 9.17) is 40.4 Å². The van der Waals surface area contributed by atoms with Gasteiger partial charge in [-0.2, -0.15) is 0 Å². The van der Waals surface area contributed by atoms with Crippen molar-refractivity contribution in [1.82, 2.24) is 0 Å². The van der Waals surface area contributed by atoms with E-state index in [1.54, 1.807) is 0 Å². The summed E-state index contributed by atoms with van der Waals surface area (Å²) < 4.78 is 0. The molecular weight excluding hydrogens is 628 g/mol. The predicted molar refractivity (Wildman–Crippen MR) is 153 cm³/mol. The Labute approximate surface area is 236 Å². The Kier molecular flexibility index (Phi) is 19.8. The molecule has 0 unspecified atom stereocenters. The van der Waals surface area contributed by atoms with Gasteiger partial charge in [-0.25, -0.2) is 0 Å². The third-order valence-corrected chi connectivity index (χ3v) is 8.86. The molecule has 0 aliphatic heterocycles. The van der Waals surface area contributed by atoms with E-state index in [9.17, 15) is 0 Å². The van der Waals surface area contributed by atoms with Crippen LogP contribution in [-0.4, -0.2) is 13.3 Å². The third-order valence-electron chi connectivity index (χ3n) is 4.57. The molecule has 4 rings (SSSR count). The van der Waals surface area contributed by atoms with Gasteiger partial charge in [-0.15, -0.1) is 0 Å². The van der Waals surface area contributed by atoms with Crippen molar-refractivity contribution in [2.75, 3.05) is 13.3 Å². The molecule has 0 aromatic heterocycles. The van der Waals surface area contributed by atoms with Crippen molar-refractivity contribution in [3.05, 3.63) is 121 Å². The molecule has 0 heterocycles. The van der Waals surface area contributed by atoms with Gasteiger partial charge in [0.1, 0.15) is 0 Å². The molecule has 0 saturated carbocycles. The molecule has 0 radical (unpaired) electrons. The number of hydrogen-bond donors (Lipinski definition) is 0. The first-order valence-electron chi connectivity index (χ1n) is 9.97. The van der Waals surface area contributed by atoms with Crippen LogP contribution in [-0.2, 0) is 26.3 Å². The number of hydrogen-bond acceptors (Lipinski definition) is 0. The van der Waals surface area contributed by atoms with E-state index in [0.29, 0.717) is 0 Å². The quantitative estimate of drug-likeness (QED) is 0.154. The summed E-state index contributed by atoms with van der Waals surface area (Å²) in [6.07, 6.45) is 0. The first-order valence-corrected chi connectivity index (χ1v) is 19.6. The zero-order valence-corrected chi connectivity index (χ0v) is 25.7. The van der Waals surface area contributed by atoms with E-state index in [1.165, 1.54) is 21.2 Å². The molecule has 0 spiro atoms. The maximum atomic E-state index is 4.76. The second kappa shape index (κ2) is 21.1. The van der Waals surface area contributed by atoms with Gasteiger partial charge in [0.2, 0.25) is 0 Å². The van der Waals surface area contributed by atoms with Crippen molar-refractivity contribution < 1.29 is 26.3 Å². The summed E-state index contributed by atoms with van der Waals surface area (Å²) in [5.41, 5.74) is 0. The van der Waals surface area contributed by atoms with Crippen molar-refractivity contribution >= 4 is 77.5 Å². The fourth-order valence-electron chi connectivity index (χ4n) is 2.90. The van der Waals surface area contributed by atoms with Crippen LogP contribution in [0.1, 0.15) is 0 Å². The fraction of sp³-hybridized carbons (Fsp3) is 0.0769. The second-order valence-corrected chi connectivity index (χ2v) is 14.5. The molecule has 8 heteroatoms. The Morgan fingerprint density at radius 2 is 0.529 bits per heavy atom. The summed E-state index contributed by atoms with van der Waals surface area (Å²) in [4.78, 5) is 0. The van der Waals surface area contributed by atoms with E-state index in [-0.39, 0.29) is 42.1 Å². The van der Waals surface area contributed by atoms with Gasteiger partial charge in [-0.1, -0.05) is 121 Å². The molecule has 0 bridgehead atoms. The molecule has 0 atom stereocenters. The summed E-state index contributed by atoms with van der Waals surface area (Å²) in [7, 11) is 18.7. The van der Waals surface area contributed by atoms with Crippen LogP contribution in [0.3, 0.4) is 0 Å². The fourth-order valence-corrected chi connectivity index (χ4v) is 5.98. The molecule has 4 aromatic rings. The van der Waals surface area contributed by atoms with Crippen LogP contribution >= 0.6 is 56.2 Å². The summed E-state index contributed by atoms with van der Waals surface area (Å²) in [6, 6.07) is 42.8. The van der Waals surface area contributed by atoms with Crippen LogP contribution in [0.25, 0.3) is 0 Å². The van der Waals surface area contributed by atoms with Gasteiger partial charge >= 0.3 is 66.7 Å². The molecule has 0 amide bonds. The molecule has 0 saturated heterocycles. The Bertz CT molecular complexity index is 821. The average molecular weight is 654 g/mol. The minimum atomic E-state index is -0.171. The standard InChI is InChI=1S/2C13H13P.4ClH.2Fe/c2*1-14(12-8-4-2-5-9-12)13-10-6-3-7-11-13;;;;;;/h2*2-11H,1H3;4*1H;;/q;;;;;;2*+2/p-4. The van der Waals surface area contributed by atoms with Crippen molar-refractivity contribution in [2.24, 2.45) is 0 Å². The van der Waals surface area contributed by atoms with Crippen LogP contribution in [0.5, 0.6) is 0 Å². The van der Waals surface area contributed by atoms with Crippen molar-refractivity contribution in [2.45, 2.75) is 0 Å². The SMILES string of the molecule is CP(c1ccccc1)c1ccccc1.CP(c1ccccc1)c1ccccc1.[Cl][Fe][Cl].[Cl][Fe][Cl]. The summed E-state index contributed by atoms with van der Waals surface area (Å²) in [5, 5.41) is 5.75. The molecule has 0 aliphatic carbocycles. The van der Waals surface area contributed by atoms with E-state index < -0.39 is 0 Å². The molecular formula is C26H26Cl4Fe2P2. The maximum absolute atomic E-state index is 4.76. The topological polar surface area (TPSA) is 0 Å².